The second kappa shape index (κ2) is 7.06. The van der Waals surface area contributed by atoms with Gasteiger partial charge in [0.2, 0.25) is 0 Å². The molecule has 2 unspecified atom stereocenters. The molecule has 20 heavy (non-hydrogen) atoms. The molecule has 110 valence electrons. The number of carbonyl (C=O) groups excluding carboxylic acids is 1. The van der Waals surface area contributed by atoms with Gasteiger partial charge in [-0.25, -0.2) is 4.39 Å². The molecule has 0 spiro atoms. The van der Waals surface area contributed by atoms with Crippen LogP contribution < -0.4 is 10.6 Å². The first-order chi connectivity index (χ1) is 9.61. The van der Waals surface area contributed by atoms with Crippen molar-refractivity contribution in [1.29, 1.82) is 0 Å². The van der Waals surface area contributed by atoms with E-state index < -0.39 is 6.10 Å². The largest absolute Gasteiger partial charge is 0.391 e. The maximum Gasteiger partial charge on any atom is 0.251 e. The Balaban J connectivity index is 1.96. The van der Waals surface area contributed by atoms with Gasteiger partial charge in [0.1, 0.15) is 5.82 Å². The molecule has 1 aromatic rings. The molecular formula is C14H19FN2O2S. The van der Waals surface area contributed by atoms with Crippen molar-refractivity contribution in [2.24, 2.45) is 5.92 Å². The van der Waals surface area contributed by atoms with E-state index in [2.05, 4.69) is 10.6 Å². The van der Waals surface area contributed by atoms with E-state index in [1.807, 2.05) is 6.26 Å². The van der Waals surface area contributed by atoms with Crippen molar-refractivity contribution in [3.05, 3.63) is 35.1 Å². The SMILES string of the molecule is CSCc1cc(C(=O)NCC2CNCC2O)ccc1F. The summed E-state index contributed by atoms with van der Waals surface area (Å²) < 4.78 is 13.5. The Morgan fingerprint density at radius 2 is 2.35 bits per heavy atom. The summed E-state index contributed by atoms with van der Waals surface area (Å²) in [5.41, 5.74) is 0.989. The van der Waals surface area contributed by atoms with E-state index in [-0.39, 0.29) is 17.6 Å². The van der Waals surface area contributed by atoms with Gasteiger partial charge in [0.05, 0.1) is 6.10 Å². The van der Waals surface area contributed by atoms with Gasteiger partial charge in [-0.2, -0.15) is 11.8 Å². The summed E-state index contributed by atoms with van der Waals surface area (Å²) in [5, 5.41) is 15.5. The van der Waals surface area contributed by atoms with Crippen LogP contribution in [-0.4, -0.2) is 43.0 Å². The van der Waals surface area contributed by atoms with Crippen LogP contribution >= 0.6 is 11.8 Å². The number of rotatable bonds is 5. The van der Waals surface area contributed by atoms with Crippen molar-refractivity contribution >= 4 is 17.7 Å². The van der Waals surface area contributed by atoms with Crippen molar-refractivity contribution in [1.82, 2.24) is 10.6 Å². The number of thioether (sulfide) groups is 1. The third-order valence-electron chi connectivity index (χ3n) is 3.44. The lowest BCUT2D eigenvalue weighted by Crippen LogP contribution is -2.34. The molecule has 1 aliphatic rings. The van der Waals surface area contributed by atoms with Gasteiger partial charge < -0.3 is 15.7 Å². The van der Waals surface area contributed by atoms with E-state index in [4.69, 9.17) is 0 Å². The maximum absolute atomic E-state index is 13.5. The Labute approximate surface area is 122 Å². The average molecular weight is 298 g/mol. The van der Waals surface area contributed by atoms with E-state index >= 15 is 0 Å². The van der Waals surface area contributed by atoms with Crippen LogP contribution in [0.4, 0.5) is 4.39 Å². The summed E-state index contributed by atoms with van der Waals surface area (Å²) in [7, 11) is 0. The minimum atomic E-state index is -0.421. The van der Waals surface area contributed by atoms with Gasteiger partial charge >= 0.3 is 0 Å². The Morgan fingerprint density at radius 1 is 1.55 bits per heavy atom. The Morgan fingerprint density at radius 3 is 3.00 bits per heavy atom. The number of carbonyl (C=O) groups is 1. The van der Waals surface area contributed by atoms with Crippen molar-refractivity contribution in [3.8, 4) is 0 Å². The zero-order chi connectivity index (χ0) is 14.5. The molecule has 6 heteroatoms. The van der Waals surface area contributed by atoms with Crippen molar-refractivity contribution in [2.75, 3.05) is 25.9 Å². The number of aliphatic hydroxyl groups excluding tert-OH is 1. The third kappa shape index (κ3) is 3.71. The fourth-order valence-corrected chi connectivity index (χ4v) is 2.77. The van der Waals surface area contributed by atoms with Crippen LogP contribution in [0.2, 0.25) is 0 Å². The number of nitrogens with one attached hydrogen (secondary N) is 2. The Kier molecular flexibility index (Phi) is 5.39. The van der Waals surface area contributed by atoms with Crippen LogP contribution in [0.1, 0.15) is 15.9 Å². The lowest BCUT2D eigenvalue weighted by atomic mass is 10.1. The zero-order valence-electron chi connectivity index (χ0n) is 11.4. The molecule has 0 aliphatic carbocycles. The molecule has 4 nitrogen and oxygen atoms in total. The molecule has 0 bridgehead atoms. The minimum absolute atomic E-state index is 0.0325. The third-order valence-corrected chi connectivity index (χ3v) is 4.04. The molecule has 1 heterocycles. The van der Waals surface area contributed by atoms with E-state index in [9.17, 15) is 14.3 Å². The van der Waals surface area contributed by atoms with Gasteiger partial charge in [0.25, 0.3) is 5.91 Å². The summed E-state index contributed by atoms with van der Waals surface area (Å²) in [6.45, 7) is 1.68. The van der Waals surface area contributed by atoms with Crippen molar-refractivity contribution < 1.29 is 14.3 Å². The number of halogens is 1. The molecule has 0 radical (unpaired) electrons. The van der Waals surface area contributed by atoms with Crippen LogP contribution in [0.25, 0.3) is 0 Å². The molecule has 2 atom stereocenters. The first kappa shape index (κ1) is 15.3. The van der Waals surface area contributed by atoms with Gasteiger partial charge in [-0.1, -0.05) is 0 Å². The predicted octanol–water partition coefficient (Wildman–Crippen LogP) is 0.999. The summed E-state index contributed by atoms with van der Waals surface area (Å²) in [6, 6.07) is 4.40. The summed E-state index contributed by atoms with van der Waals surface area (Å²) >= 11 is 1.51. The van der Waals surface area contributed by atoms with Crippen LogP contribution in [0.5, 0.6) is 0 Å². The zero-order valence-corrected chi connectivity index (χ0v) is 12.2. The van der Waals surface area contributed by atoms with Crippen LogP contribution in [0, 0.1) is 11.7 Å². The van der Waals surface area contributed by atoms with Gasteiger partial charge in [0, 0.05) is 36.9 Å². The van der Waals surface area contributed by atoms with Crippen molar-refractivity contribution in [3.63, 3.8) is 0 Å². The highest BCUT2D eigenvalue weighted by atomic mass is 32.2. The second-order valence-corrected chi connectivity index (χ2v) is 5.80. The van der Waals surface area contributed by atoms with Crippen molar-refractivity contribution in [2.45, 2.75) is 11.9 Å². The topological polar surface area (TPSA) is 61.4 Å². The molecule has 1 aliphatic heterocycles. The standard InChI is InChI=1S/C14H19FN2O2S/c1-20-8-10-4-9(2-3-12(10)15)14(19)17-6-11-5-16-7-13(11)18/h2-4,11,13,16,18H,5-8H2,1H3,(H,17,19). The summed E-state index contributed by atoms with van der Waals surface area (Å²) in [5.74, 6) is 0.0564. The molecule has 0 saturated carbocycles. The predicted molar refractivity (Wildman–Crippen MR) is 78.3 cm³/mol. The monoisotopic (exact) mass is 298 g/mol. The number of aliphatic hydroxyl groups is 1. The maximum atomic E-state index is 13.5. The molecule has 1 amide bonds. The second-order valence-electron chi connectivity index (χ2n) is 4.93. The molecule has 1 saturated heterocycles. The van der Waals surface area contributed by atoms with Gasteiger partial charge in [0.15, 0.2) is 0 Å². The first-order valence-electron chi connectivity index (χ1n) is 6.56. The Bertz CT molecular complexity index is 484. The highest BCUT2D eigenvalue weighted by Gasteiger charge is 2.25. The summed E-state index contributed by atoms with van der Waals surface area (Å²) in [6.07, 6.45) is 1.47. The number of β-amino-alcohol motifs (C(OH)–C–C–N with tert-alkyl or cyclic N) is 1. The smallest absolute Gasteiger partial charge is 0.251 e. The highest BCUT2D eigenvalue weighted by molar-refractivity contribution is 7.97. The van der Waals surface area contributed by atoms with Crippen LogP contribution in [0.3, 0.4) is 0 Å². The fourth-order valence-electron chi connectivity index (χ4n) is 2.24. The van der Waals surface area contributed by atoms with Gasteiger partial charge in [-0.3, -0.25) is 4.79 Å². The molecule has 2 rings (SSSR count). The molecule has 0 aromatic heterocycles. The van der Waals surface area contributed by atoms with Crippen LogP contribution in [0.15, 0.2) is 18.2 Å². The van der Waals surface area contributed by atoms with E-state index in [0.717, 1.165) is 0 Å². The lowest BCUT2D eigenvalue weighted by molar-refractivity contribution is 0.0927. The van der Waals surface area contributed by atoms with Crippen LogP contribution in [-0.2, 0) is 5.75 Å². The minimum Gasteiger partial charge on any atom is -0.391 e. The normalized spacial score (nSPS) is 21.9. The van der Waals surface area contributed by atoms with Gasteiger partial charge in [-0.05, 0) is 30.0 Å². The number of benzene rings is 1. The van der Waals surface area contributed by atoms with E-state index in [0.29, 0.717) is 36.5 Å². The van der Waals surface area contributed by atoms with E-state index in [1.54, 1.807) is 6.07 Å². The lowest BCUT2D eigenvalue weighted by Gasteiger charge is -2.14. The van der Waals surface area contributed by atoms with E-state index in [1.165, 1.54) is 23.9 Å². The Hall–Kier alpha value is -1.11. The fraction of sp³-hybridized carbons (Fsp3) is 0.500. The average Bonchev–Trinajstić information content (AvgIpc) is 2.84. The molecule has 3 N–H and O–H groups in total. The summed E-state index contributed by atoms with van der Waals surface area (Å²) in [4.78, 5) is 12.0. The number of hydrogen-bond donors (Lipinski definition) is 3. The van der Waals surface area contributed by atoms with Gasteiger partial charge in [-0.15, -0.1) is 0 Å². The highest BCUT2D eigenvalue weighted by Crippen LogP contribution is 2.16. The number of amides is 1. The first-order valence-corrected chi connectivity index (χ1v) is 7.95. The number of hydrogen-bond acceptors (Lipinski definition) is 4. The quantitative estimate of drug-likeness (QED) is 0.759. The molecule has 1 fully saturated rings. The molecule has 1 aromatic carbocycles. The molecular weight excluding hydrogens is 279 g/mol.